The van der Waals surface area contributed by atoms with Crippen LogP contribution in [0.15, 0.2) is 48.5 Å². The summed E-state index contributed by atoms with van der Waals surface area (Å²) in [7, 11) is 0. The highest BCUT2D eigenvalue weighted by Gasteiger charge is 2.14. The van der Waals surface area contributed by atoms with Crippen LogP contribution in [0.1, 0.15) is 39.0 Å². The van der Waals surface area contributed by atoms with E-state index in [2.05, 4.69) is 35.0 Å². The van der Waals surface area contributed by atoms with E-state index < -0.39 is 0 Å². The van der Waals surface area contributed by atoms with Crippen molar-refractivity contribution in [1.82, 2.24) is 20.5 Å². The lowest BCUT2D eigenvalue weighted by molar-refractivity contribution is 0.244. The first kappa shape index (κ1) is 21.3. The highest BCUT2D eigenvalue weighted by molar-refractivity contribution is 6.13. The van der Waals surface area contributed by atoms with Crippen molar-refractivity contribution in [3.8, 4) is 0 Å². The SMILES string of the molecule is CCCCNCCCCNCCCNC(=O)n1c2ccccc2c2ccccc21. The van der Waals surface area contributed by atoms with Gasteiger partial charge in [-0.1, -0.05) is 49.7 Å². The Morgan fingerprint density at radius 1 is 0.724 bits per heavy atom. The zero-order chi connectivity index (χ0) is 20.3. The van der Waals surface area contributed by atoms with Crippen molar-refractivity contribution >= 4 is 27.8 Å². The molecule has 0 atom stereocenters. The second-order valence-corrected chi connectivity index (χ2v) is 7.52. The van der Waals surface area contributed by atoms with Gasteiger partial charge in [-0.05, 0) is 64.0 Å². The number of nitrogens with one attached hydrogen (secondary N) is 3. The number of fused-ring (bicyclic) bond motifs is 3. The molecule has 3 N–H and O–H groups in total. The van der Waals surface area contributed by atoms with Crippen LogP contribution in [0.2, 0.25) is 0 Å². The highest BCUT2D eigenvalue weighted by atomic mass is 16.2. The quantitative estimate of drug-likeness (QED) is 0.396. The summed E-state index contributed by atoms with van der Waals surface area (Å²) in [5.41, 5.74) is 1.91. The molecule has 0 fully saturated rings. The van der Waals surface area contributed by atoms with Crippen molar-refractivity contribution in [2.75, 3.05) is 32.7 Å². The van der Waals surface area contributed by atoms with E-state index in [-0.39, 0.29) is 6.03 Å². The molecule has 1 heterocycles. The number of unbranched alkanes of at least 4 members (excludes halogenated alkanes) is 2. The van der Waals surface area contributed by atoms with Gasteiger partial charge in [-0.2, -0.15) is 0 Å². The third-order valence-electron chi connectivity index (χ3n) is 5.25. The van der Waals surface area contributed by atoms with Gasteiger partial charge in [-0.3, -0.25) is 4.57 Å². The molecular weight excluding hydrogens is 360 g/mol. The van der Waals surface area contributed by atoms with Crippen molar-refractivity contribution in [2.45, 2.75) is 39.0 Å². The minimum atomic E-state index is -0.0550. The van der Waals surface area contributed by atoms with Crippen molar-refractivity contribution in [3.63, 3.8) is 0 Å². The number of amides is 1. The number of para-hydroxylation sites is 2. The number of carbonyl (C=O) groups is 1. The van der Waals surface area contributed by atoms with Gasteiger partial charge in [0.05, 0.1) is 11.0 Å². The Morgan fingerprint density at radius 3 is 1.83 bits per heavy atom. The molecule has 0 aliphatic rings. The number of hydrogen-bond acceptors (Lipinski definition) is 3. The predicted molar refractivity (Wildman–Crippen MR) is 123 cm³/mol. The number of nitrogens with zero attached hydrogens (tertiary/aromatic N) is 1. The monoisotopic (exact) mass is 394 g/mol. The third kappa shape index (κ3) is 5.81. The summed E-state index contributed by atoms with van der Waals surface area (Å²) in [5, 5.41) is 12.2. The molecule has 1 amide bonds. The van der Waals surface area contributed by atoms with Gasteiger partial charge in [-0.25, -0.2) is 4.79 Å². The minimum Gasteiger partial charge on any atom is -0.337 e. The van der Waals surface area contributed by atoms with Crippen LogP contribution in [0.25, 0.3) is 21.8 Å². The van der Waals surface area contributed by atoms with Gasteiger partial charge in [0.1, 0.15) is 0 Å². The molecule has 0 saturated carbocycles. The number of carbonyl (C=O) groups excluding carboxylic acids is 1. The second-order valence-electron chi connectivity index (χ2n) is 7.52. The summed E-state index contributed by atoms with van der Waals surface area (Å²) in [6, 6.07) is 16.1. The molecule has 5 nitrogen and oxygen atoms in total. The van der Waals surface area contributed by atoms with Gasteiger partial charge < -0.3 is 16.0 Å². The molecule has 0 aliphatic carbocycles. The first-order valence-corrected chi connectivity index (χ1v) is 11.0. The van der Waals surface area contributed by atoms with E-state index in [1.165, 1.54) is 25.7 Å². The van der Waals surface area contributed by atoms with Crippen LogP contribution in [-0.4, -0.2) is 43.3 Å². The van der Waals surface area contributed by atoms with Crippen LogP contribution >= 0.6 is 0 Å². The number of rotatable bonds is 12. The topological polar surface area (TPSA) is 58.1 Å². The van der Waals surface area contributed by atoms with Gasteiger partial charge in [0.2, 0.25) is 0 Å². The molecule has 0 radical (unpaired) electrons. The average molecular weight is 395 g/mol. The fourth-order valence-electron chi connectivity index (χ4n) is 3.68. The predicted octanol–water partition coefficient (Wildman–Crippen LogP) is 4.50. The standard InChI is InChI=1S/C24H34N4O/c1-2-3-15-25-16-8-9-17-26-18-10-19-27-24(29)28-22-13-6-4-11-20(22)21-12-5-7-14-23(21)28/h4-7,11-14,25-26H,2-3,8-10,15-19H2,1H3,(H,27,29). The summed E-state index contributed by atoms with van der Waals surface area (Å²) >= 11 is 0. The Balaban J connectivity index is 1.38. The molecule has 1 aromatic heterocycles. The van der Waals surface area contributed by atoms with Crippen LogP contribution in [-0.2, 0) is 0 Å². The van der Waals surface area contributed by atoms with Crippen molar-refractivity contribution in [1.29, 1.82) is 0 Å². The molecule has 2 aromatic carbocycles. The lowest BCUT2D eigenvalue weighted by atomic mass is 10.2. The van der Waals surface area contributed by atoms with E-state index in [9.17, 15) is 4.79 Å². The van der Waals surface area contributed by atoms with Crippen LogP contribution in [0.4, 0.5) is 4.79 Å². The van der Waals surface area contributed by atoms with Crippen molar-refractivity contribution < 1.29 is 4.79 Å². The molecular formula is C24H34N4O. The van der Waals surface area contributed by atoms with Crippen LogP contribution in [0.5, 0.6) is 0 Å². The minimum absolute atomic E-state index is 0.0550. The molecule has 0 unspecified atom stereocenters. The molecule has 156 valence electrons. The fraction of sp³-hybridized carbons (Fsp3) is 0.458. The normalized spacial score (nSPS) is 11.3. The molecule has 5 heteroatoms. The lowest BCUT2D eigenvalue weighted by Crippen LogP contribution is -2.31. The Labute approximate surface area is 173 Å². The van der Waals surface area contributed by atoms with Crippen LogP contribution < -0.4 is 16.0 Å². The summed E-state index contributed by atoms with van der Waals surface area (Å²) < 4.78 is 1.80. The van der Waals surface area contributed by atoms with E-state index in [1.807, 2.05) is 36.4 Å². The van der Waals surface area contributed by atoms with Gasteiger partial charge in [-0.15, -0.1) is 0 Å². The van der Waals surface area contributed by atoms with Gasteiger partial charge in [0.15, 0.2) is 0 Å². The largest absolute Gasteiger partial charge is 0.337 e. The molecule has 3 aromatic rings. The average Bonchev–Trinajstić information content (AvgIpc) is 3.09. The maximum Gasteiger partial charge on any atom is 0.326 e. The molecule has 0 saturated heterocycles. The molecule has 29 heavy (non-hydrogen) atoms. The number of hydrogen-bond donors (Lipinski definition) is 3. The summed E-state index contributed by atoms with van der Waals surface area (Å²) in [6.07, 6.45) is 5.84. The van der Waals surface area contributed by atoms with Crippen molar-refractivity contribution in [2.24, 2.45) is 0 Å². The van der Waals surface area contributed by atoms with Crippen LogP contribution in [0.3, 0.4) is 0 Å². The van der Waals surface area contributed by atoms with E-state index in [4.69, 9.17) is 0 Å². The highest BCUT2D eigenvalue weighted by Crippen LogP contribution is 2.28. The lowest BCUT2D eigenvalue weighted by Gasteiger charge is -2.09. The fourth-order valence-corrected chi connectivity index (χ4v) is 3.68. The molecule has 0 bridgehead atoms. The maximum absolute atomic E-state index is 12.8. The Morgan fingerprint density at radius 2 is 1.24 bits per heavy atom. The maximum atomic E-state index is 12.8. The summed E-state index contributed by atoms with van der Waals surface area (Å²) in [5.74, 6) is 0. The van der Waals surface area contributed by atoms with E-state index in [0.717, 1.165) is 54.4 Å². The summed E-state index contributed by atoms with van der Waals surface area (Å²) in [4.78, 5) is 12.8. The smallest absolute Gasteiger partial charge is 0.326 e. The second kappa shape index (κ2) is 11.6. The number of aromatic nitrogens is 1. The van der Waals surface area contributed by atoms with Gasteiger partial charge in [0, 0.05) is 17.3 Å². The van der Waals surface area contributed by atoms with Gasteiger partial charge in [0.25, 0.3) is 0 Å². The van der Waals surface area contributed by atoms with Crippen molar-refractivity contribution in [3.05, 3.63) is 48.5 Å². The Kier molecular flexibility index (Phi) is 8.53. The zero-order valence-electron chi connectivity index (χ0n) is 17.5. The molecule has 0 aliphatic heterocycles. The first-order valence-electron chi connectivity index (χ1n) is 11.0. The third-order valence-corrected chi connectivity index (χ3v) is 5.25. The van der Waals surface area contributed by atoms with Crippen LogP contribution in [0, 0.1) is 0 Å². The van der Waals surface area contributed by atoms with E-state index >= 15 is 0 Å². The Hall–Kier alpha value is -2.37. The number of benzene rings is 2. The summed E-state index contributed by atoms with van der Waals surface area (Å²) in [6.45, 7) is 7.10. The van der Waals surface area contributed by atoms with Gasteiger partial charge >= 0.3 is 6.03 Å². The Bertz CT molecular complexity index is 849. The van der Waals surface area contributed by atoms with E-state index in [1.54, 1.807) is 4.57 Å². The first-order chi connectivity index (χ1) is 14.3. The van der Waals surface area contributed by atoms with E-state index in [0.29, 0.717) is 6.54 Å². The zero-order valence-corrected chi connectivity index (χ0v) is 17.5. The molecule has 3 rings (SSSR count). The molecule has 0 spiro atoms.